The zero-order chi connectivity index (χ0) is 9.56. The summed E-state index contributed by atoms with van der Waals surface area (Å²) in [6, 6.07) is 0. The van der Waals surface area contributed by atoms with E-state index in [0.717, 1.165) is 5.01 Å². The SMILES string of the molecule is CNC(=O)CCN(C)/[N+]([O-])=N/O. The number of hydrazine groups is 1. The minimum Gasteiger partial charge on any atom is -0.569 e. The highest BCUT2D eigenvalue weighted by molar-refractivity contribution is 5.75. The maximum absolute atomic E-state index is 10.7. The number of carbonyl (C=O) groups excluding carboxylic acids is 1. The fraction of sp³-hybridized carbons (Fsp3) is 0.800. The van der Waals surface area contributed by atoms with Gasteiger partial charge in [0.1, 0.15) is 0 Å². The van der Waals surface area contributed by atoms with E-state index in [4.69, 9.17) is 5.21 Å². The van der Waals surface area contributed by atoms with Gasteiger partial charge in [0.25, 0.3) is 0 Å². The molecule has 0 saturated heterocycles. The first-order valence-corrected chi connectivity index (χ1v) is 3.35. The van der Waals surface area contributed by atoms with Crippen LogP contribution in [0.5, 0.6) is 0 Å². The average molecular weight is 176 g/mol. The fourth-order valence-corrected chi connectivity index (χ4v) is 0.542. The van der Waals surface area contributed by atoms with Crippen molar-refractivity contribution in [3.05, 3.63) is 5.21 Å². The van der Waals surface area contributed by atoms with Gasteiger partial charge in [0.05, 0.1) is 18.6 Å². The number of amides is 1. The Bertz CT molecular complexity index is 182. The highest BCUT2D eigenvalue weighted by atomic mass is 16.6. The molecule has 0 aromatic heterocycles. The molecule has 0 aromatic rings. The van der Waals surface area contributed by atoms with Gasteiger partial charge in [0, 0.05) is 13.5 Å². The predicted octanol–water partition coefficient (Wildman–Crippen LogP) is -0.679. The quantitative estimate of drug-likeness (QED) is 0.337. The molecule has 0 aromatic carbocycles. The zero-order valence-corrected chi connectivity index (χ0v) is 7.02. The Morgan fingerprint density at radius 1 is 1.83 bits per heavy atom. The molecule has 0 atom stereocenters. The van der Waals surface area contributed by atoms with Crippen molar-refractivity contribution in [1.29, 1.82) is 0 Å². The van der Waals surface area contributed by atoms with Gasteiger partial charge in [-0.25, -0.2) is 0 Å². The van der Waals surface area contributed by atoms with Gasteiger partial charge < -0.3 is 15.7 Å². The molecule has 1 amide bonds. The number of hydrogen-bond donors (Lipinski definition) is 2. The zero-order valence-electron chi connectivity index (χ0n) is 7.02. The molecule has 0 aliphatic heterocycles. The first-order chi connectivity index (χ1) is 5.61. The molecule has 0 radical (unpaired) electrons. The molecule has 0 aliphatic rings. The standard InChI is InChI=1S/C5H12N4O3/c1-6-5(10)3-4-8(2)9(12)7-11/h11H,3-4H2,1-2H3,(H,6,10)/b9-7-. The maximum Gasteiger partial charge on any atom is 0.230 e. The number of nitrogens with one attached hydrogen (secondary N) is 1. The first kappa shape index (κ1) is 10.5. The van der Waals surface area contributed by atoms with Crippen molar-refractivity contribution >= 4 is 5.91 Å². The van der Waals surface area contributed by atoms with E-state index in [9.17, 15) is 10.0 Å². The Labute approximate surface area is 69.8 Å². The van der Waals surface area contributed by atoms with Crippen molar-refractivity contribution in [1.82, 2.24) is 10.3 Å². The van der Waals surface area contributed by atoms with Gasteiger partial charge in [-0.1, -0.05) is 0 Å². The van der Waals surface area contributed by atoms with Crippen LogP contribution in [0.2, 0.25) is 0 Å². The summed E-state index contributed by atoms with van der Waals surface area (Å²) in [4.78, 5) is 10.7. The Morgan fingerprint density at radius 2 is 2.42 bits per heavy atom. The third-order valence-electron chi connectivity index (χ3n) is 1.31. The summed E-state index contributed by atoms with van der Waals surface area (Å²) in [5.74, 6) is -0.173. The van der Waals surface area contributed by atoms with Crippen molar-refractivity contribution in [2.75, 3.05) is 20.6 Å². The molecule has 0 saturated carbocycles. The van der Waals surface area contributed by atoms with Crippen LogP contribution in [-0.4, -0.2) is 41.7 Å². The van der Waals surface area contributed by atoms with Crippen LogP contribution in [0.1, 0.15) is 6.42 Å². The lowest BCUT2D eigenvalue weighted by molar-refractivity contribution is -0.703. The van der Waals surface area contributed by atoms with E-state index in [2.05, 4.69) is 10.6 Å². The van der Waals surface area contributed by atoms with Crippen molar-refractivity contribution in [2.24, 2.45) is 5.28 Å². The van der Waals surface area contributed by atoms with Crippen molar-refractivity contribution in [3.63, 3.8) is 0 Å². The van der Waals surface area contributed by atoms with Crippen LogP contribution in [0.25, 0.3) is 0 Å². The second kappa shape index (κ2) is 5.16. The van der Waals surface area contributed by atoms with Gasteiger partial charge in [-0.3, -0.25) is 4.79 Å². The largest absolute Gasteiger partial charge is 0.569 e. The summed E-state index contributed by atoms with van der Waals surface area (Å²) in [5.41, 5.74) is 0. The predicted molar refractivity (Wildman–Crippen MR) is 39.2 cm³/mol. The lowest BCUT2D eigenvalue weighted by Gasteiger charge is -2.10. The van der Waals surface area contributed by atoms with Gasteiger partial charge >= 0.3 is 0 Å². The monoisotopic (exact) mass is 176 g/mol. The molecule has 0 heterocycles. The molecular formula is C5H12N4O3. The molecule has 0 rings (SSSR count). The number of nitrogens with zero attached hydrogens (tertiary/aromatic N) is 3. The van der Waals surface area contributed by atoms with E-state index in [1.54, 1.807) is 0 Å². The molecule has 0 bridgehead atoms. The van der Waals surface area contributed by atoms with Gasteiger partial charge in [0.15, 0.2) is 0 Å². The third-order valence-corrected chi connectivity index (χ3v) is 1.31. The van der Waals surface area contributed by atoms with Gasteiger partial charge in [-0.15, -0.1) is 5.01 Å². The minimum absolute atomic E-state index is 0.00292. The molecule has 2 N–H and O–H groups in total. The van der Waals surface area contributed by atoms with Crippen molar-refractivity contribution < 1.29 is 15.0 Å². The highest BCUT2D eigenvalue weighted by Gasteiger charge is 2.07. The van der Waals surface area contributed by atoms with E-state index >= 15 is 0 Å². The Hall–Kier alpha value is -1.53. The Morgan fingerprint density at radius 3 is 2.83 bits per heavy atom. The normalized spacial score (nSPS) is 11.0. The van der Waals surface area contributed by atoms with Crippen molar-refractivity contribution in [3.8, 4) is 0 Å². The van der Waals surface area contributed by atoms with Crippen LogP contribution in [0.15, 0.2) is 5.28 Å². The van der Waals surface area contributed by atoms with E-state index in [0.29, 0.717) is 0 Å². The van der Waals surface area contributed by atoms with Crippen LogP contribution < -0.4 is 5.32 Å². The van der Waals surface area contributed by atoms with Crippen LogP contribution in [0.3, 0.4) is 0 Å². The average Bonchev–Trinajstić information content (AvgIpc) is 2.11. The van der Waals surface area contributed by atoms with Crippen LogP contribution >= 0.6 is 0 Å². The third kappa shape index (κ3) is 3.59. The highest BCUT2D eigenvalue weighted by Crippen LogP contribution is 1.88. The Kier molecular flexibility index (Phi) is 4.51. The Balaban J connectivity index is 3.71. The lowest BCUT2D eigenvalue weighted by atomic mass is 10.4. The van der Waals surface area contributed by atoms with Crippen LogP contribution in [-0.2, 0) is 4.79 Å². The second-order valence-electron chi connectivity index (χ2n) is 2.15. The fourth-order valence-electron chi connectivity index (χ4n) is 0.542. The molecule has 7 heteroatoms. The minimum atomic E-state index is -0.173. The molecule has 0 unspecified atom stereocenters. The number of carbonyl (C=O) groups is 1. The van der Waals surface area contributed by atoms with Crippen LogP contribution in [0.4, 0.5) is 0 Å². The smallest absolute Gasteiger partial charge is 0.230 e. The molecule has 12 heavy (non-hydrogen) atoms. The maximum atomic E-state index is 10.7. The summed E-state index contributed by atoms with van der Waals surface area (Å²) in [7, 11) is 2.92. The molecule has 70 valence electrons. The molecule has 0 fully saturated rings. The van der Waals surface area contributed by atoms with Crippen LogP contribution in [0, 0.1) is 5.21 Å². The summed E-state index contributed by atoms with van der Waals surface area (Å²) >= 11 is 0. The summed E-state index contributed by atoms with van der Waals surface area (Å²) in [5, 5.41) is 24.4. The van der Waals surface area contributed by atoms with Gasteiger partial charge in [-0.2, -0.15) is 0 Å². The van der Waals surface area contributed by atoms with E-state index < -0.39 is 0 Å². The van der Waals surface area contributed by atoms with Gasteiger partial charge in [-0.05, 0) is 0 Å². The summed E-state index contributed by atoms with van der Waals surface area (Å²) < 4.78 is 0. The van der Waals surface area contributed by atoms with E-state index in [1.165, 1.54) is 14.1 Å². The second-order valence-corrected chi connectivity index (χ2v) is 2.15. The molecule has 0 aliphatic carbocycles. The van der Waals surface area contributed by atoms with E-state index in [1.807, 2.05) is 0 Å². The summed E-state index contributed by atoms with van der Waals surface area (Å²) in [6.07, 6.45) is 0.182. The molecule has 0 spiro atoms. The first-order valence-electron chi connectivity index (χ1n) is 3.35. The van der Waals surface area contributed by atoms with E-state index in [-0.39, 0.29) is 23.8 Å². The molecule has 7 nitrogen and oxygen atoms in total. The number of rotatable bonds is 4. The van der Waals surface area contributed by atoms with Crippen molar-refractivity contribution in [2.45, 2.75) is 6.42 Å². The summed E-state index contributed by atoms with van der Waals surface area (Å²) in [6.45, 7) is 0.202. The topological polar surface area (TPSA) is 91.0 Å². The van der Waals surface area contributed by atoms with Gasteiger partial charge in [0.2, 0.25) is 11.2 Å². The number of hydrogen-bond acceptors (Lipinski definition) is 3. The molecular weight excluding hydrogens is 164 g/mol. The lowest BCUT2D eigenvalue weighted by Crippen LogP contribution is -2.31.